The monoisotopic (exact) mass is 513 g/mol. The fraction of sp³-hybridized carbons (Fsp3) is 0.292. The molecule has 1 saturated heterocycles. The van der Waals surface area contributed by atoms with Gasteiger partial charge in [-0.15, -0.1) is 0 Å². The largest absolute Gasteiger partial charge is 0.343 e. The van der Waals surface area contributed by atoms with Crippen molar-refractivity contribution < 1.29 is 18.1 Å². The van der Waals surface area contributed by atoms with E-state index in [4.69, 9.17) is 16.1 Å². The van der Waals surface area contributed by atoms with E-state index in [2.05, 4.69) is 30.6 Å². The number of benzene rings is 1. The molecule has 0 aliphatic carbocycles. The number of carbonyl (C=O) groups excluding carboxylic acids is 1. The van der Waals surface area contributed by atoms with Crippen molar-refractivity contribution in [2.75, 3.05) is 11.9 Å². The number of rotatable bonds is 5. The smallest absolute Gasteiger partial charge is 0.257 e. The summed E-state index contributed by atoms with van der Waals surface area (Å²) in [7, 11) is 0. The van der Waals surface area contributed by atoms with E-state index in [1.54, 1.807) is 17.0 Å². The van der Waals surface area contributed by atoms with Crippen LogP contribution in [0.2, 0.25) is 5.02 Å². The van der Waals surface area contributed by atoms with Crippen LogP contribution in [0.25, 0.3) is 0 Å². The van der Waals surface area contributed by atoms with Gasteiger partial charge in [-0.1, -0.05) is 22.8 Å². The first-order chi connectivity index (χ1) is 17.3. The fourth-order valence-corrected chi connectivity index (χ4v) is 4.88. The summed E-state index contributed by atoms with van der Waals surface area (Å²) in [5, 5.41) is 13.7. The van der Waals surface area contributed by atoms with Crippen molar-refractivity contribution in [1.29, 1.82) is 0 Å². The predicted molar refractivity (Wildman–Crippen MR) is 127 cm³/mol. The second-order valence-electron chi connectivity index (χ2n) is 8.83. The van der Waals surface area contributed by atoms with Crippen molar-refractivity contribution in [2.45, 2.75) is 38.1 Å². The molecule has 0 radical (unpaired) electrons. The number of pyridine rings is 1. The van der Waals surface area contributed by atoms with E-state index in [-0.39, 0.29) is 29.0 Å². The average molecular weight is 514 g/mol. The molecule has 1 aliphatic heterocycles. The van der Waals surface area contributed by atoms with Crippen molar-refractivity contribution >= 4 is 29.1 Å². The number of amides is 1. The Morgan fingerprint density at radius 1 is 1.31 bits per heavy atom. The molecular weight excluding hydrogens is 492 g/mol. The van der Waals surface area contributed by atoms with Crippen molar-refractivity contribution in [1.82, 2.24) is 30.2 Å². The lowest BCUT2D eigenvalue weighted by molar-refractivity contribution is 0.0552. The van der Waals surface area contributed by atoms with Crippen LogP contribution in [0.5, 0.6) is 0 Å². The molecule has 3 aromatic heterocycles. The average Bonchev–Trinajstić information content (AvgIpc) is 3.54. The summed E-state index contributed by atoms with van der Waals surface area (Å²) in [6, 6.07) is 8.60. The van der Waals surface area contributed by atoms with Crippen LogP contribution in [-0.4, -0.2) is 48.7 Å². The van der Waals surface area contributed by atoms with Gasteiger partial charge in [-0.25, -0.2) is 13.8 Å². The van der Waals surface area contributed by atoms with Gasteiger partial charge in [0.2, 0.25) is 6.39 Å². The van der Waals surface area contributed by atoms with E-state index in [0.717, 1.165) is 5.69 Å². The number of hydrogen-bond donors (Lipinski definition) is 2. The lowest BCUT2D eigenvalue weighted by Crippen LogP contribution is -2.51. The molecule has 4 aromatic rings. The zero-order chi connectivity index (χ0) is 25.4. The molecular formula is C24H22ClF2N7O2. The third-order valence-electron chi connectivity index (χ3n) is 6.48. The summed E-state index contributed by atoms with van der Waals surface area (Å²) in [4.78, 5) is 23.7. The summed E-state index contributed by atoms with van der Waals surface area (Å²) >= 11 is 5.89. The number of hydrogen-bond acceptors (Lipinski definition) is 7. The zero-order valence-electron chi connectivity index (χ0n) is 19.4. The van der Waals surface area contributed by atoms with Crippen molar-refractivity contribution in [3.63, 3.8) is 0 Å². The van der Waals surface area contributed by atoms with Gasteiger partial charge in [-0.3, -0.25) is 9.89 Å². The van der Waals surface area contributed by atoms with Crippen LogP contribution in [0.15, 0.2) is 47.3 Å². The quantitative estimate of drug-likeness (QED) is 0.395. The van der Waals surface area contributed by atoms with Gasteiger partial charge < -0.3 is 14.7 Å². The number of aromatic nitrogens is 5. The van der Waals surface area contributed by atoms with Gasteiger partial charge in [0.1, 0.15) is 0 Å². The van der Waals surface area contributed by atoms with Gasteiger partial charge in [-0.05, 0) is 51.0 Å². The highest BCUT2D eigenvalue weighted by Crippen LogP contribution is 2.42. The molecule has 1 fully saturated rings. The Balaban J connectivity index is 1.49. The lowest BCUT2D eigenvalue weighted by Gasteiger charge is -2.43. The van der Waals surface area contributed by atoms with Gasteiger partial charge in [0, 0.05) is 24.3 Å². The summed E-state index contributed by atoms with van der Waals surface area (Å²) < 4.78 is 34.3. The predicted octanol–water partition coefficient (Wildman–Crippen LogP) is 4.78. The van der Waals surface area contributed by atoms with E-state index < -0.39 is 23.0 Å². The molecule has 5 rings (SSSR count). The molecule has 4 heterocycles. The van der Waals surface area contributed by atoms with Crippen molar-refractivity contribution in [3.8, 4) is 0 Å². The van der Waals surface area contributed by atoms with Crippen LogP contribution in [-0.2, 0) is 5.41 Å². The van der Waals surface area contributed by atoms with Gasteiger partial charge in [0.05, 0.1) is 21.7 Å². The van der Waals surface area contributed by atoms with E-state index in [1.165, 1.54) is 30.7 Å². The van der Waals surface area contributed by atoms with Crippen molar-refractivity contribution in [3.05, 3.63) is 82.2 Å². The molecule has 36 heavy (non-hydrogen) atoms. The number of anilines is 2. The van der Waals surface area contributed by atoms with E-state index in [1.807, 2.05) is 13.8 Å². The van der Waals surface area contributed by atoms with Crippen LogP contribution >= 0.6 is 11.6 Å². The maximum atomic E-state index is 14.7. The minimum atomic E-state index is -0.873. The highest BCUT2D eigenvalue weighted by molar-refractivity contribution is 6.31. The van der Waals surface area contributed by atoms with Gasteiger partial charge >= 0.3 is 0 Å². The molecule has 0 spiro atoms. The molecule has 12 heteroatoms. The van der Waals surface area contributed by atoms with E-state index >= 15 is 0 Å². The summed E-state index contributed by atoms with van der Waals surface area (Å²) in [6.07, 6.45) is 1.92. The Hall–Kier alpha value is -3.86. The fourth-order valence-electron chi connectivity index (χ4n) is 4.71. The first kappa shape index (κ1) is 23.9. The van der Waals surface area contributed by atoms with Crippen molar-refractivity contribution in [2.24, 2.45) is 0 Å². The number of nitrogens with one attached hydrogen (secondary N) is 2. The molecule has 0 saturated carbocycles. The van der Waals surface area contributed by atoms with Gasteiger partial charge in [0.15, 0.2) is 29.1 Å². The number of nitrogens with zero attached hydrogens (tertiary/aromatic N) is 5. The topological polar surface area (TPSA) is 113 Å². The van der Waals surface area contributed by atoms with E-state index in [0.29, 0.717) is 30.2 Å². The third-order valence-corrected chi connectivity index (χ3v) is 6.77. The number of likely N-dealkylation sites (tertiary alicyclic amines) is 1. The number of carbonyl (C=O) groups is 1. The lowest BCUT2D eigenvalue weighted by atomic mass is 9.72. The number of piperidine rings is 1. The third kappa shape index (κ3) is 4.19. The van der Waals surface area contributed by atoms with Gasteiger partial charge in [0.25, 0.3) is 5.91 Å². The molecule has 1 amide bonds. The molecule has 1 aromatic carbocycles. The van der Waals surface area contributed by atoms with Crippen LogP contribution in [0, 0.1) is 18.6 Å². The molecule has 1 aliphatic rings. The second-order valence-corrected chi connectivity index (χ2v) is 9.24. The molecule has 186 valence electrons. The van der Waals surface area contributed by atoms with Crippen LogP contribution in [0.4, 0.5) is 20.4 Å². The second kappa shape index (κ2) is 9.30. The van der Waals surface area contributed by atoms with Crippen LogP contribution < -0.4 is 5.32 Å². The van der Waals surface area contributed by atoms with E-state index in [9.17, 15) is 13.6 Å². The first-order valence-corrected chi connectivity index (χ1v) is 11.6. The Bertz CT molecular complexity index is 1410. The molecule has 2 atom stereocenters. The minimum absolute atomic E-state index is 0.00553. The Morgan fingerprint density at radius 2 is 2.14 bits per heavy atom. The zero-order valence-corrected chi connectivity index (χ0v) is 20.2. The maximum absolute atomic E-state index is 14.7. The Labute approximate surface area is 209 Å². The molecule has 9 nitrogen and oxygen atoms in total. The number of aryl methyl sites for hydroxylation is 1. The highest BCUT2D eigenvalue weighted by atomic mass is 35.5. The number of aromatic amines is 1. The number of halogens is 3. The molecule has 0 bridgehead atoms. The van der Waals surface area contributed by atoms with Crippen LogP contribution in [0.1, 0.15) is 47.3 Å². The maximum Gasteiger partial charge on any atom is 0.257 e. The number of H-pyrrole nitrogens is 1. The SMILES string of the molecule is Cc1cc(Nc2nc(C3(c4ncon4)CCN(C(=O)c4cccc(Cl)c4F)C(C)C3)ccc2F)n[nH]1. The minimum Gasteiger partial charge on any atom is -0.343 e. The molecule has 2 N–H and O–H groups in total. The first-order valence-electron chi connectivity index (χ1n) is 11.3. The standard InChI is InChI=1S/C24H22ClF2N7O2/c1-13-10-19(32-31-13)30-21-17(26)6-7-18(29-21)24(23-28-12-36-33-23)8-9-34(14(2)11-24)22(35)15-4-3-5-16(25)20(15)27/h3-7,10,12,14H,8-9,11H2,1-2H3,(H2,29,30,31,32). The summed E-state index contributed by atoms with van der Waals surface area (Å²) in [5.41, 5.74) is 0.344. The normalized spacial score (nSPS) is 19.9. The Kier molecular flexibility index (Phi) is 6.17. The van der Waals surface area contributed by atoms with Gasteiger partial charge in [-0.2, -0.15) is 10.1 Å². The highest BCUT2D eigenvalue weighted by Gasteiger charge is 2.47. The summed E-state index contributed by atoms with van der Waals surface area (Å²) in [6.45, 7) is 3.93. The van der Waals surface area contributed by atoms with Crippen LogP contribution in [0.3, 0.4) is 0 Å². The molecule has 2 unspecified atom stereocenters. The Morgan fingerprint density at radius 3 is 2.83 bits per heavy atom. The summed E-state index contributed by atoms with van der Waals surface area (Å²) in [5.74, 6) is -0.990.